The summed E-state index contributed by atoms with van der Waals surface area (Å²) in [6.45, 7) is -0.129. The van der Waals surface area contributed by atoms with E-state index in [4.69, 9.17) is 4.74 Å². The van der Waals surface area contributed by atoms with Crippen LogP contribution in [-0.4, -0.2) is 37.0 Å². The molecule has 0 saturated heterocycles. The number of benzene rings is 1. The maximum absolute atomic E-state index is 12.1. The Hall–Kier alpha value is -1.59. The molecule has 116 valence electrons. The lowest BCUT2D eigenvalue weighted by atomic mass is 9.92. The molecule has 1 aromatic carbocycles. The minimum absolute atomic E-state index is 0.0406. The van der Waals surface area contributed by atoms with Crippen molar-refractivity contribution in [3.8, 4) is 0 Å². The van der Waals surface area contributed by atoms with Crippen molar-refractivity contribution in [3.63, 3.8) is 0 Å². The van der Waals surface area contributed by atoms with Crippen molar-refractivity contribution in [2.45, 2.75) is 43.9 Å². The van der Waals surface area contributed by atoms with E-state index in [0.717, 1.165) is 31.2 Å². The second-order valence-electron chi connectivity index (χ2n) is 5.43. The molecule has 3 N–H and O–H groups in total. The van der Waals surface area contributed by atoms with Crippen molar-refractivity contribution >= 4 is 6.03 Å². The molecule has 1 aromatic rings. The fourth-order valence-corrected chi connectivity index (χ4v) is 2.83. The Labute approximate surface area is 125 Å². The number of carbonyl (C=O) groups is 1. The summed E-state index contributed by atoms with van der Waals surface area (Å²) >= 11 is 0. The lowest BCUT2D eigenvalue weighted by Crippen LogP contribution is -2.50. The van der Waals surface area contributed by atoms with Crippen LogP contribution in [0.1, 0.15) is 37.3 Å². The highest BCUT2D eigenvalue weighted by Crippen LogP contribution is 2.21. The molecule has 2 amide bonds. The Morgan fingerprint density at radius 2 is 2.05 bits per heavy atom. The second-order valence-corrected chi connectivity index (χ2v) is 5.43. The average Bonchev–Trinajstić information content (AvgIpc) is 2.54. The molecule has 5 nitrogen and oxygen atoms in total. The van der Waals surface area contributed by atoms with Gasteiger partial charge in [0.2, 0.25) is 0 Å². The topological polar surface area (TPSA) is 70.6 Å². The number of urea groups is 1. The molecule has 0 bridgehead atoms. The first kappa shape index (κ1) is 15.8. The van der Waals surface area contributed by atoms with Gasteiger partial charge >= 0.3 is 6.03 Å². The highest BCUT2D eigenvalue weighted by Gasteiger charge is 2.26. The molecule has 1 saturated carbocycles. The third-order valence-corrected chi connectivity index (χ3v) is 4.01. The highest BCUT2D eigenvalue weighted by atomic mass is 16.5. The fourth-order valence-electron chi connectivity index (χ4n) is 2.83. The third kappa shape index (κ3) is 4.44. The van der Waals surface area contributed by atoms with Gasteiger partial charge < -0.3 is 20.5 Å². The standard InChI is InChI=1S/C16H24N2O3/c1-21-15-10-6-5-9-13(15)17-16(20)18-14(11-19)12-7-3-2-4-8-12/h2-4,7-8,13-15,19H,5-6,9-11H2,1H3,(H2,17,18,20)/t13-,14-,15-/m1/s1. The molecule has 0 radical (unpaired) electrons. The first-order chi connectivity index (χ1) is 10.2. The number of ether oxygens (including phenoxy) is 1. The zero-order chi connectivity index (χ0) is 15.1. The average molecular weight is 292 g/mol. The van der Waals surface area contributed by atoms with Gasteiger partial charge in [0.15, 0.2) is 0 Å². The summed E-state index contributed by atoms with van der Waals surface area (Å²) in [7, 11) is 1.68. The highest BCUT2D eigenvalue weighted by molar-refractivity contribution is 5.74. The van der Waals surface area contributed by atoms with Crippen LogP contribution in [0.2, 0.25) is 0 Å². The first-order valence-corrected chi connectivity index (χ1v) is 7.50. The van der Waals surface area contributed by atoms with Crippen molar-refractivity contribution in [1.29, 1.82) is 0 Å². The molecular formula is C16H24N2O3. The van der Waals surface area contributed by atoms with Gasteiger partial charge in [-0.15, -0.1) is 0 Å². The molecule has 3 atom stereocenters. The van der Waals surface area contributed by atoms with Gasteiger partial charge in [-0.05, 0) is 18.4 Å². The summed E-state index contributed by atoms with van der Waals surface area (Å²) in [5.41, 5.74) is 0.891. The molecule has 0 aromatic heterocycles. The van der Waals surface area contributed by atoms with Crippen LogP contribution in [0.3, 0.4) is 0 Å². The Bertz CT molecular complexity index is 438. The van der Waals surface area contributed by atoms with E-state index in [1.165, 1.54) is 0 Å². The van der Waals surface area contributed by atoms with Gasteiger partial charge in [-0.1, -0.05) is 43.2 Å². The molecule has 0 spiro atoms. The Kier molecular flexibility index (Phi) is 6.02. The van der Waals surface area contributed by atoms with Crippen molar-refractivity contribution in [3.05, 3.63) is 35.9 Å². The van der Waals surface area contributed by atoms with Crippen LogP contribution in [0.4, 0.5) is 4.79 Å². The van der Waals surface area contributed by atoms with Crippen LogP contribution >= 0.6 is 0 Å². The lowest BCUT2D eigenvalue weighted by molar-refractivity contribution is 0.0449. The number of hydrogen-bond acceptors (Lipinski definition) is 3. The fraction of sp³-hybridized carbons (Fsp3) is 0.562. The van der Waals surface area contributed by atoms with Crippen LogP contribution in [0.5, 0.6) is 0 Å². The van der Waals surface area contributed by atoms with Crippen LogP contribution in [0.25, 0.3) is 0 Å². The maximum atomic E-state index is 12.1. The molecule has 0 unspecified atom stereocenters. The van der Waals surface area contributed by atoms with Gasteiger partial charge in [-0.25, -0.2) is 4.79 Å². The number of nitrogens with one attached hydrogen (secondary N) is 2. The Morgan fingerprint density at radius 1 is 1.33 bits per heavy atom. The van der Waals surface area contributed by atoms with E-state index in [1.807, 2.05) is 30.3 Å². The van der Waals surface area contributed by atoms with Crippen molar-refractivity contribution < 1.29 is 14.6 Å². The van der Waals surface area contributed by atoms with Crippen molar-refractivity contribution in [2.24, 2.45) is 0 Å². The summed E-state index contributed by atoms with van der Waals surface area (Å²) in [4.78, 5) is 12.1. The number of aliphatic hydroxyl groups excluding tert-OH is 1. The van der Waals surface area contributed by atoms with E-state index in [1.54, 1.807) is 7.11 Å². The number of carbonyl (C=O) groups excluding carboxylic acids is 1. The Morgan fingerprint density at radius 3 is 2.71 bits per heavy atom. The summed E-state index contributed by atoms with van der Waals surface area (Å²) in [6, 6.07) is 8.85. The number of rotatable bonds is 5. The van der Waals surface area contributed by atoms with Crippen LogP contribution in [0, 0.1) is 0 Å². The minimum atomic E-state index is -0.393. The largest absolute Gasteiger partial charge is 0.394 e. The van der Waals surface area contributed by atoms with Crippen LogP contribution in [0.15, 0.2) is 30.3 Å². The van der Waals surface area contributed by atoms with E-state index in [9.17, 15) is 9.90 Å². The smallest absolute Gasteiger partial charge is 0.315 e. The monoisotopic (exact) mass is 292 g/mol. The van der Waals surface area contributed by atoms with Crippen molar-refractivity contribution in [2.75, 3.05) is 13.7 Å². The quantitative estimate of drug-likeness (QED) is 0.777. The second kappa shape index (κ2) is 8.00. The lowest BCUT2D eigenvalue weighted by Gasteiger charge is -2.31. The van der Waals surface area contributed by atoms with Crippen LogP contribution in [-0.2, 0) is 4.74 Å². The van der Waals surface area contributed by atoms with Crippen LogP contribution < -0.4 is 10.6 Å². The molecule has 0 aliphatic heterocycles. The zero-order valence-electron chi connectivity index (χ0n) is 12.4. The normalized spacial score (nSPS) is 23.3. The summed E-state index contributed by atoms with van der Waals surface area (Å²) < 4.78 is 5.43. The molecule has 0 heterocycles. The van der Waals surface area contributed by atoms with Gasteiger partial charge in [0.05, 0.1) is 24.8 Å². The molecule has 5 heteroatoms. The summed E-state index contributed by atoms with van der Waals surface area (Å²) in [6.07, 6.45) is 4.23. The molecule has 21 heavy (non-hydrogen) atoms. The van der Waals surface area contributed by atoms with Gasteiger partial charge in [0.25, 0.3) is 0 Å². The Balaban J connectivity index is 1.90. The van der Waals surface area contributed by atoms with E-state index < -0.39 is 6.04 Å². The number of methoxy groups -OCH3 is 1. The molecule has 1 aliphatic rings. The number of amides is 2. The third-order valence-electron chi connectivity index (χ3n) is 4.01. The molecule has 2 rings (SSSR count). The number of aliphatic hydroxyl groups is 1. The van der Waals surface area contributed by atoms with Gasteiger partial charge in [-0.2, -0.15) is 0 Å². The first-order valence-electron chi connectivity index (χ1n) is 7.50. The maximum Gasteiger partial charge on any atom is 0.315 e. The predicted octanol–water partition coefficient (Wildman–Crippen LogP) is 1.98. The van der Waals surface area contributed by atoms with Gasteiger partial charge in [-0.3, -0.25) is 0 Å². The molecule has 1 aliphatic carbocycles. The van der Waals surface area contributed by atoms with Gasteiger partial charge in [0, 0.05) is 7.11 Å². The van der Waals surface area contributed by atoms with Crippen molar-refractivity contribution in [1.82, 2.24) is 10.6 Å². The predicted molar refractivity (Wildman–Crippen MR) is 81.0 cm³/mol. The van der Waals surface area contributed by atoms with Gasteiger partial charge in [0.1, 0.15) is 0 Å². The minimum Gasteiger partial charge on any atom is -0.394 e. The SMILES string of the molecule is CO[C@@H]1CCCC[C@H]1NC(=O)N[C@H](CO)c1ccccc1. The molecular weight excluding hydrogens is 268 g/mol. The summed E-state index contributed by atoms with van der Waals surface area (Å²) in [5.74, 6) is 0. The summed E-state index contributed by atoms with van der Waals surface area (Å²) in [5, 5.41) is 15.3. The molecule has 1 fully saturated rings. The number of hydrogen-bond donors (Lipinski definition) is 3. The van der Waals surface area contributed by atoms with E-state index in [2.05, 4.69) is 10.6 Å². The van der Waals surface area contributed by atoms with E-state index >= 15 is 0 Å². The van der Waals surface area contributed by atoms with E-state index in [0.29, 0.717) is 0 Å². The van der Waals surface area contributed by atoms with E-state index in [-0.39, 0.29) is 24.8 Å². The zero-order valence-corrected chi connectivity index (χ0v) is 12.4.